The average Bonchev–Trinajstić information content (AvgIpc) is 2.52. The van der Waals surface area contributed by atoms with Crippen molar-refractivity contribution in [3.63, 3.8) is 0 Å². The van der Waals surface area contributed by atoms with Gasteiger partial charge in [0.25, 0.3) is 0 Å². The van der Waals surface area contributed by atoms with Crippen molar-refractivity contribution >= 4 is 0 Å². The van der Waals surface area contributed by atoms with E-state index in [0.717, 1.165) is 32.2 Å². The van der Waals surface area contributed by atoms with Crippen LogP contribution in [0.3, 0.4) is 0 Å². The molecule has 1 fully saturated rings. The monoisotopic (exact) mass is 295 g/mol. The molecule has 0 aliphatic heterocycles. The van der Waals surface area contributed by atoms with Crippen LogP contribution in [0.15, 0.2) is 18.2 Å². The molecule has 4 heteroatoms. The van der Waals surface area contributed by atoms with E-state index in [1.807, 2.05) is 0 Å². The lowest BCUT2D eigenvalue weighted by atomic mass is 9.93. The van der Waals surface area contributed by atoms with Crippen LogP contribution < -0.4 is 10.1 Å². The number of methoxy groups -OCH3 is 1. The molecule has 1 aromatic carbocycles. The zero-order valence-electron chi connectivity index (χ0n) is 13.0. The molecule has 0 heterocycles. The molecule has 0 spiro atoms. The van der Waals surface area contributed by atoms with Crippen molar-refractivity contribution < 1.29 is 13.9 Å². The number of rotatable bonds is 7. The fraction of sp³-hybridized carbons (Fsp3) is 0.647. The van der Waals surface area contributed by atoms with Gasteiger partial charge in [0.2, 0.25) is 0 Å². The van der Waals surface area contributed by atoms with E-state index in [4.69, 9.17) is 9.47 Å². The maximum absolute atomic E-state index is 13.8. The Kier molecular flexibility index (Phi) is 6.46. The summed E-state index contributed by atoms with van der Waals surface area (Å²) in [6.45, 7) is 3.62. The fourth-order valence-electron chi connectivity index (χ4n) is 2.76. The van der Waals surface area contributed by atoms with Crippen molar-refractivity contribution in [1.82, 2.24) is 5.32 Å². The molecule has 0 radical (unpaired) electrons. The number of ether oxygens (including phenoxy) is 2. The molecule has 2 rings (SSSR count). The number of hydrogen-bond donors (Lipinski definition) is 1. The van der Waals surface area contributed by atoms with Crippen LogP contribution in [0.1, 0.15) is 44.6 Å². The molecule has 0 atom stereocenters. The van der Waals surface area contributed by atoms with Crippen molar-refractivity contribution in [3.05, 3.63) is 29.6 Å². The van der Waals surface area contributed by atoms with Gasteiger partial charge >= 0.3 is 0 Å². The zero-order chi connectivity index (χ0) is 15.1. The van der Waals surface area contributed by atoms with Crippen molar-refractivity contribution in [2.75, 3.05) is 13.7 Å². The van der Waals surface area contributed by atoms with Crippen LogP contribution in [0.2, 0.25) is 0 Å². The highest BCUT2D eigenvalue weighted by molar-refractivity contribution is 5.28. The summed E-state index contributed by atoms with van der Waals surface area (Å²) in [6.07, 6.45) is 5.84. The first-order valence-corrected chi connectivity index (χ1v) is 7.90. The maximum atomic E-state index is 13.8. The minimum Gasteiger partial charge on any atom is -0.497 e. The molecule has 3 nitrogen and oxygen atoms in total. The standard InChI is InChI=1S/C17H26FNO2/c1-3-10-19-14-5-8-15(9-6-14)21-12-13-4-7-16(20-2)11-17(13)18/h4,7,11,14-15,19H,3,5-6,8-10,12H2,1-2H3. The van der Waals surface area contributed by atoms with Crippen LogP contribution in [-0.4, -0.2) is 25.8 Å². The topological polar surface area (TPSA) is 30.5 Å². The van der Waals surface area contributed by atoms with Gasteiger partial charge in [-0.3, -0.25) is 0 Å². The van der Waals surface area contributed by atoms with Gasteiger partial charge in [0.1, 0.15) is 11.6 Å². The largest absolute Gasteiger partial charge is 0.497 e. The average molecular weight is 295 g/mol. The molecule has 1 N–H and O–H groups in total. The Hall–Kier alpha value is -1.13. The van der Waals surface area contributed by atoms with Gasteiger partial charge in [0.15, 0.2) is 0 Å². The summed E-state index contributed by atoms with van der Waals surface area (Å²) in [4.78, 5) is 0. The van der Waals surface area contributed by atoms with Gasteiger partial charge in [-0.05, 0) is 44.7 Å². The molecule has 0 bridgehead atoms. The predicted molar refractivity (Wildman–Crippen MR) is 82.1 cm³/mol. The Balaban J connectivity index is 1.74. The van der Waals surface area contributed by atoms with Crippen LogP contribution in [0.25, 0.3) is 0 Å². The minimum atomic E-state index is -0.257. The molecule has 0 saturated heterocycles. The van der Waals surface area contributed by atoms with E-state index in [2.05, 4.69) is 12.2 Å². The predicted octanol–water partition coefficient (Wildman–Crippen LogP) is 3.66. The van der Waals surface area contributed by atoms with Gasteiger partial charge in [0.05, 0.1) is 19.8 Å². The van der Waals surface area contributed by atoms with Crippen molar-refractivity contribution in [2.24, 2.45) is 0 Å². The van der Waals surface area contributed by atoms with E-state index < -0.39 is 0 Å². The SMILES string of the molecule is CCCNC1CCC(OCc2ccc(OC)cc2F)CC1. The lowest BCUT2D eigenvalue weighted by Crippen LogP contribution is -2.35. The summed E-state index contributed by atoms with van der Waals surface area (Å²) in [6, 6.07) is 5.54. The highest BCUT2D eigenvalue weighted by Crippen LogP contribution is 2.23. The van der Waals surface area contributed by atoms with Crippen LogP contribution in [-0.2, 0) is 11.3 Å². The first-order valence-electron chi connectivity index (χ1n) is 7.90. The van der Waals surface area contributed by atoms with E-state index >= 15 is 0 Å². The minimum absolute atomic E-state index is 0.256. The molecule has 1 aromatic rings. The summed E-state index contributed by atoms with van der Waals surface area (Å²) in [5.74, 6) is 0.284. The molecule has 1 aliphatic rings. The second-order valence-electron chi connectivity index (χ2n) is 5.70. The third-order valence-corrected chi connectivity index (χ3v) is 4.09. The molecular formula is C17H26FNO2. The maximum Gasteiger partial charge on any atom is 0.132 e. The summed E-state index contributed by atoms with van der Waals surface area (Å²) in [5.41, 5.74) is 0.599. The van der Waals surface area contributed by atoms with Gasteiger partial charge < -0.3 is 14.8 Å². The van der Waals surface area contributed by atoms with Crippen molar-refractivity contribution in [1.29, 1.82) is 0 Å². The lowest BCUT2D eigenvalue weighted by Gasteiger charge is -2.29. The van der Waals surface area contributed by atoms with Gasteiger partial charge in [-0.1, -0.05) is 13.0 Å². The van der Waals surface area contributed by atoms with Crippen molar-refractivity contribution in [2.45, 2.75) is 57.8 Å². The van der Waals surface area contributed by atoms with Crippen LogP contribution in [0.4, 0.5) is 4.39 Å². The van der Waals surface area contributed by atoms with Gasteiger partial charge in [-0.2, -0.15) is 0 Å². The Labute approximate surface area is 126 Å². The number of benzene rings is 1. The number of nitrogens with one attached hydrogen (secondary N) is 1. The fourth-order valence-corrected chi connectivity index (χ4v) is 2.76. The van der Waals surface area contributed by atoms with Crippen LogP contribution >= 0.6 is 0 Å². The molecule has 0 unspecified atom stereocenters. The van der Waals surface area contributed by atoms with Crippen LogP contribution in [0, 0.1) is 5.82 Å². The molecule has 21 heavy (non-hydrogen) atoms. The molecule has 118 valence electrons. The van der Waals surface area contributed by atoms with E-state index in [9.17, 15) is 4.39 Å². The molecular weight excluding hydrogens is 269 g/mol. The first kappa shape index (κ1) is 16.2. The summed E-state index contributed by atoms with van der Waals surface area (Å²) >= 11 is 0. The smallest absolute Gasteiger partial charge is 0.132 e. The first-order chi connectivity index (χ1) is 10.2. The van der Waals surface area contributed by atoms with E-state index in [1.54, 1.807) is 12.1 Å². The quantitative estimate of drug-likeness (QED) is 0.832. The van der Waals surface area contributed by atoms with Gasteiger partial charge in [-0.15, -0.1) is 0 Å². The highest BCUT2D eigenvalue weighted by atomic mass is 19.1. The number of halogens is 1. The highest BCUT2D eigenvalue weighted by Gasteiger charge is 2.21. The third-order valence-electron chi connectivity index (χ3n) is 4.09. The second-order valence-corrected chi connectivity index (χ2v) is 5.70. The zero-order valence-corrected chi connectivity index (χ0v) is 13.0. The molecule has 0 amide bonds. The lowest BCUT2D eigenvalue weighted by molar-refractivity contribution is 0.0101. The molecule has 1 aliphatic carbocycles. The molecule has 0 aromatic heterocycles. The Morgan fingerprint density at radius 1 is 1.24 bits per heavy atom. The van der Waals surface area contributed by atoms with Gasteiger partial charge in [0, 0.05) is 17.7 Å². The summed E-state index contributed by atoms with van der Waals surface area (Å²) in [5, 5.41) is 3.56. The second kappa shape index (κ2) is 8.35. The van der Waals surface area contributed by atoms with Crippen molar-refractivity contribution in [3.8, 4) is 5.75 Å². The Bertz CT molecular complexity index is 431. The van der Waals surface area contributed by atoms with E-state index in [0.29, 0.717) is 24.0 Å². The Morgan fingerprint density at radius 3 is 2.62 bits per heavy atom. The van der Waals surface area contributed by atoms with Gasteiger partial charge in [-0.25, -0.2) is 4.39 Å². The summed E-state index contributed by atoms with van der Waals surface area (Å²) < 4.78 is 24.7. The van der Waals surface area contributed by atoms with E-state index in [-0.39, 0.29) is 11.9 Å². The number of hydrogen-bond acceptors (Lipinski definition) is 3. The Morgan fingerprint density at radius 2 is 2.00 bits per heavy atom. The van der Waals surface area contributed by atoms with E-state index in [1.165, 1.54) is 19.6 Å². The summed E-state index contributed by atoms with van der Waals surface area (Å²) in [7, 11) is 1.54. The van der Waals surface area contributed by atoms with Crippen LogP contribution in [0.5, 0.6) is 5.75 Å². The molecule has 1 saturated carbocycles. The third kappa shape index (κ3) is 4.97. The normalized spacial score (nSPS) is 22.2.